The van der Waals surface area contributed by atoms with Gasteiger partial charge in [0.25, 0.3) is 5.69 Å². The number of nitro benzene ring substituents is 1. The van der Waals surface area contributed by atoms with Crippen molar-refractivity contribution in [1.29, 1.82) is 0 Å². The lowest BCUT2D eigenvalue weighted by molar-refractivity contribution is -0.384. The normalized spacial score (nSPS) is 14.5. The third-order valence-electron chi connectivity index (χ3n) is 6.73. The lowest BCUT2D eigenvalue weighted by atomic mass is 9.95. The van der Waals surface area contributed by atoms with E-state index in [1.165, 1.54) is 12.1 Å². The number of carbonyl (C=O) groups is 1. The molecule has 3 aromatic rings. The fourth-order valence-corrected chi connectivity index (χ4v) is 4.67. The molecule has 0 aliphatic carbocycles. The molecule has 4 rings (SSSR count). The Labute approximate surface area is 203 Å². The third kappa shape index (κ3) is 5.21. The Kier molecular flexibility index (Phi) is 6.91. The Morgan fingerprint density at radius 3 is 2.57 bits per heavy atom. The summed E-state index contributed by atoms with van der Waals surface area (Å²) in [5.41, 5.74) is 3.05. The van der Waals surface area contributed by atoms with Crippen molar-refractivity contribution in [2.75, 3.05) is 18.0 Å². The van der Waals surface area contributed by atoms with E-state index >= 15 is 0 Å². The van der Waals surface area contributed by atoms with Crippen molar-refractivity contribution in [3.63, 3.8) is 0 Å². The number of piperidine rings is 1. The van der Waals surface area contributed by atoms with Crippen LogP contribution in [0.2, 0.25) is 0 Å². The number of anilines is 1. The van der Waals surface area contributed by atoms with E-state index in [4.69, 9.17) is 9.15 Å². The molecule has 184 valence electrons. The second-order valence-electron chi connectivity index (χ2n) is 9.66. The second-order valence-corrected chi connectivity index (χ2v) is 9.66. The highest BCUT2D eigenvalue weighted by atomic mass is 16.6. The van der Waals surface area contributed by atoms with E-state index in [9.17, 15) is 19.7 Å². The minimum absolute atomic E-state index is 0.0943. The van der Waals surface area contributed by atoms with Crippen LogP contribution in [0.25, 0.3) is 11.0 Å². The van der Waals surface area contributed by atoms with Gasteiger partial charge in [0.15, 0.2) is 0 Å². The number of benzene rings is 2. The van der Waals surface area contributed by atoms with Gasteiger partial charge in [-0.3, -0.25) is 10.1 Å². The number of hydrogen-bond acceptors (Lipinski definition) is 7. The summed E-state index contributed by atoms with van der Waals surface area (Å²) in [4.78, 5) is 38.2. The largest absolute Gasteiger partial charge is 0.457 e. The number of nitrogens with zero attached hydrogens (tertiary/aromatic N) is 2. The van der Waals surface area contributed by atoms with Gasteiger partial charge in [0, 0.05) is 36.2 Å². The smallest absolute Gasteiger partial charge is 0.338 e. The minimum atomic E-state index is -0.690. The molecule has 0 saturated carbocycles. The number of aryl methyl sites for hydroxylation is 1. The van der Waals surface area contributed by atoms with Crippen molar-refractivity contribution in [3.8, 4) is 0 Å². The van der Waals surface area contributed by atoms with Crippen LogP contribution in [0.15, 0.2) is 45.6 Å². The van der Waals surface area contributed by atoms with Gasteiger partial charge in [0.1, 0.15) is 17.9 Å². The lowest BCUT2D eigenvalue weighted by Gasteiger charge is -2.31. The lowest BCUT2D eigenvalue weighted by Crippen LogP contribution is -2.33. The highest BCUT2D eigenvalue weighted by Crippen LogP contribution is 2.33. The van der Waals surface area contributed by atoms with Crippen molar-refractivity contribution >= 4 is 28.3 Å². The first-order valence-electron chi connectivity index (χ1n) is 11.9. The average Bonchev–Trinajstić information content (AvgIpc) is 2.81. The van der Waals surface area contributed by atoms with Gasteiger partial charge in [-0.25, -0.2) is 9.59 Å². The fraction of sp³-hybridized carbons (Fsp3) is 0.407. The van der Waals surface area contributed by atoms with Crippen LogP contribution in [0, 0.1) is 23.0 Å². The van der Waals surface area contributed by atoms with Crippen molar-refractivity contribution < 1.29 is 18.9 Å². The first kappa shape index (κ1) is 24.4. The standard InChI is InChI=1S/C27H30N2O6/c1-16(2)21-14-22-20(13-26(30)35-25(22)11-18(21)4)15-34-27(31)19-5-6-23(24(12-19)29(32)33)28-9-7-17(3)8-10-28/h5-6,11-14,16-17H,7-10,15H2,1-4H3. The van der Waals surface area contributed by atoms with Crippen LogP contribution in [0.1, 0.15) is 66.6 Å². The van der Waals surface area contributed by atoms with E-state index < -0.39 is 16.5 Å². The zero-order chi connectivity index (χ0) is 25.3. The molecule has 0 bridgehead atoms. The quantitative estimate of drug-likeness (QED) is 0.193. The number of nitro groups is 1. The topological polar surface area (TPSA) is 103 Å². The maximum absolute atomic E-state index is 12.8. The van der Waals surface area contributed by atoms with Crippen LogP contribution in [0.3, 0.4) is 0 Å². The van der Waals surface area contributed by atoms with Gasteiger partial charge in [-0.2, -0.15) is 0 Å². The second kappa shape index (κ2) is 9.90. The molecule has 8 nitrogen and oxygen atoms in total. The predicted octanol–water partition coefficient (Wildman–Crippen LogP) is 5.73. The molecule has 1 fully saturated rings. The highest BCUT2D eigenvalue weighted by molar-refractivity contribution is 5.92. The van der Waals surface area contributed by atoms with E-state index in [1.54, 1.807) is 12.1 Å². The Morgan fingerprint density at radius 1 is 1.20 bits per heavy atom. The summed E-state index contributed by atoms with van der Waals surface area (Å²) in [6, 6.07) is 9.54. The van der Waals surface area contributed by atoms with Crippen molar-refractivity contribution in [2.45, 2.75) is 53.1 Å². The zero-order valence-corrected chi connectivity index (χ0v) is 20.5. The van der Waals surface area contributed by atoms with Crippen LogP contribution in [0.5, 0.6) is 0 Å². The van der Waals surface area contributed by atoms with Crippen LogP contribution in [-0.2, 0) is 11.3 Å². The van der Waals surface area contributed by atoms with E-state index in [0.717, 1.165) is 37.1 Å². The van der Waals surface area contributed by atoms with Crippen molar-refractivity contribution in [2.24, 2.45) is 5.92 Å². The van der Waals surface area contributed by atoms with Gasteiger partial charge in [-0.1, -0.05) is 20.8 Å². The minimum Gasteiger partial charge on any atom is -0.457 e. The first-order chi connectivity index (χ1) is 16.6. The van der Waals surface area contributed by atoms with Crippen molar-refractivity contribution in [1.82, 2.24) is 0 Å². The summed E-state index contributed by atoms with van der Waals surface area (Å²) in [5, 5.41) is 12.5. The van der Waals surface area contributed by atoms with Gasteiger partial charge < -0.3 is 14.1 Å². The van der Waals surface area contributed by atoms with E-state index in [0.29, 0.717) is 28.1 Å². The Hall–Kier alpha value is -3.68. The Balaban J connectivity index is 1.59. The Bertz CT molecular complexity index is 1340. The molecule has 8 heteroatoms. The molecule has 0 radical (unpaired) electrons. The molecule has 1 aliphatic rings. The molecule has 1 saturated heterocycles. The molecule has 1 aromatic heterocycles. The van der Waals surface area contributed by atoms with Gasteiger partial charge in [-0.15, -0.1) is 0 Å². The van der Waals surface area contributed by atoms with Crippen LogP contribution >= 0.6 is 0 Å². The Morgan fingerprint density at radius 2 is 1.91 bits per heavy atom. The van der Waals surface area contributed by atoms with Crippen LogP contribution in [0.4, 0.5) is 11.4 Å². The molecule has 2 aromatic carbocycles. The molecule has 0 amide bonds. The monoisotopic (exact) mass is 478 g/mol. The van der Waals surface area contributed by atoms with E-state index in [2.05, 4.69) is 20.8 Å². The van der Waals surface area contributed by atoms with Crippen LogP contribution in [-0.4, -0.2) is 24.0 Å². The van der Waals surface area contributed by atoms with Gasteiger partial charge in [0.05, 0.1) is 10.5 Å². The third-order valence-corrected chi connectivity index (χ3v) is 6.73. The molecule has 0 unspecified atom stereocenters. The molecule has 0 atom stereocenters. The summed E-state index contributed by atoms with van der Waals surface area (Å²) in [6.45, 7) is 9.63. The molecule has 2 heterocycles. The predicted molar refractivity (Wildman–Crippen MR) is 134 cm³/mol. The molecule has 35 heavy (non-hydrogen) atoms. The summed E-state index contributed by atoms with van der Waals surface area (Å²) >= 11 is 0. The summed E-state index contributed by atoms with van der Waals surface area (Å²) < 4.78 is 10.8. The number of rotatable bonds is 6. The average molecular weight is 479 g/mol. The molecule has 0 N–H and O–H groups in total. The number of esters is 1. The zero-order valence-electron chi connectivity index (χ0n) is 20.5. The molecule has 1 aliphatic heterocycles. The van der Waals surface area contributed by atoms with E-state index in [1.807, 2.05) is 24.0 Å². The number of fused-ring (bicyclic) bond motifs is 1. The van der Waals surface area contributed by atoms with Gasteiger partial charge in [-0.05, 0) is 67.0 Å². The van der Waals surface area contributed by atoms with Crippen LogP contribution < -0.4 is 10.5 Å². The van der Waals surface area contributed by atoms with Gasteiger partial charge >= 0.3 is 11.6 Å². The summed E-state index contributed by atoms with van der Waals surface area (Å²) in [6.07, 6.45) is 1.94. The molecular formula is C27H30N2O6. The number of carbonyl (C=O) groups excluding carboxylic acids is 1. The summed E-state index contributed by atoms with van der Waals surface area (Å²) in [5.74, 6) is 0.171. The fourth-order valence-electron chi connectivity index (χ4n) is 4.67. The maximum atomic E-state index is 12.8. The molecule has 0 spiro atoms. The number of ether oxygens (including phenoxy) is 1. The van der Waals surface area contributed by atoms with Crippen molar-refractivity contribution in [3.05, 3.63) is 79.2 Å². The highest BCUT2D eigenvalue weighted by Gasteiger charge is 2.25. The van der Waals surface area contributed by atoms with Gasteiger partial charge in [0.2, 0.25) is 0 Å². The summed E-state index contributed by atoms with van der Waals surface area (Å²) in [7, 11) is 0. The molecular weight excluding hydrogens is 448 g/mol. The first-order valence-corrected chi connectivity index (χ1v) is 11.9. The van der Waals surface area contributed by atoms with E-state index in [-0.39, 0.29) is 23.8 Å². The SMILES string of the molecule is Cc1cc2oc(=O)cc(COC(=O)c3ccc(N4CCC(C)CC4)c([N+](=O)[O-])c3)c2cc1C(C)C. The maximum Gasteiger partial charge on any atom is 0.338 e. The number of hydrogen-bond donors (Lipinski definition) is 0.